The van der Waals surface area contributed by atoms with E-state index in [9.17, 15) is 5.11 Å². The smallest absolute Gasteiger partial charge is 0.255 e. The zero-order valence-electron chi connectivity index (χ0n) is 8.98. The first-order valence-electron chi connectivity index (χ1n) is 5.25. The van der Waals surface area contributed by atoms with Crippen LogP contribution in [0.3, 0.4) is 0 Å². The molecule has 0 aliphatic rings. The Morgan fingerprint density at radius 2 is 1.94 bits per heavy atom. The van der Waals surface area contributed by atoms with Crippen LogP contribution in [0, 0.1) is 0 Å². The standard InChI is InChI=1S/C12H10N4O/c17-11-10(6-9-4-2-1-3-5-9)7-13-12-14-8-15-16(11)12/h1-5,7-8,17H,6H2. The van der Waals surface area contributed by atoms with Crippen molar-refractivity contribution in [2.45, 2.75) is 6.42 Å². The molecule has 0 aliphatic heterocycles. The second kappa shape index (κ2) is 3.86. The molecule has 1 aromatic carbocycles. The van der Waals surface area contributed by atoms with Gasteiger partial charge in [-0.25, -0.2) is 4.98 Å². The van der Waals surface area contributed by atoms with Gasteiger partial charge < -0.3 is 5.11 Å². The Morgan fingerprint density at radius 3 is 2.76 bits per heavy atom. The van der Waals surface area contributed by atoms with Gasteiger partial charge in [0, 0.05) is 18.2 Å². The Kier molecular flexibility index (Phi) is 2.22. The molecule has 2 heterocycles. The van der Waals surface area contributed by atoms with Crippen LogP contribution >= 0.6 is 0 Å². The van der Waals surface area contributed by atoms with E-state index in [0.29, 0.717) is 12.2 Å². The lowest BCUT2D eigenvalue weighted by atomic mass is 10.1. The molecule has 0 amide bonds. The maximum Gasteiger partial charge on any atom is 0.255 e. The molecule has 0 saturated carbocycles. The number of rotatable bonds is 2. The molecule has 84 valence electrons. The van der Waals surface area contributed by atoms with Gasteiger partial charge in [0.05, 0.1) is 0 Å². The average molecular weight is 226 g/mol. The third kappa shape index (κ3) is 1.71. The molecule has 0 bridgehead atoms. The van der Waals surface area contributed by atoms with Crippen molar-refractivity contribution < 1.29 is 5.11 Å². The second-order valence-corrected chi connectivity index (χ2v) is 3.74. The van der Waals surface area contributed by atoms with Crippen molar-refractivity contribution in [3.63, 3.8) is 0 Å². The van der Waals surface area contributed by atoms with Crippen LogP contribution < -0.4 is 0 Å². The number of aromatic hydroxyl groups is 1. The highest BCUT2D eigenvalue weighted by molar-refractivity contribution is 5.37. The van der Waals surface area contributed by atoms with Gasteiger partial charge in [-0.15, -0.1) is 0 Å². The molecule has 5 nitrogen and oxygen atoms in total. The van der Waals surface area contributed by atoms with Crippen molar-refractivity contribution >= 4 is 5.78 Å². The minimum Gasteiger partial charge on any atom is -0.493 e. The van der Waals surface area contributed by atoms with E-state index in [0.717, 1.165) is 11.1 Å². The van der Waals surface area contributed by atoms with Crippen molar-refractivity contribution in [2.75, 3.05) is 0 Å². The number of fused-ring (bicyclic) bond motifs is 1. The SMILES string of the molecule is Oc1c(Cc2ccccc2)cnc2ncnn12. The van der Waals surface area contributed by atoms with E-state index in [1.807, 2.05) is 30.3 Å². The molecule has 1 N–H and O–H groups in total. The van der Waals surface area contributed by atoms with Gasteiger partial charge in [0.2, 0.25) is 5.88 Å². The quantitative estimate of drug-likeness (QED) is 0.717. The predicted molar refractivity (Wildman–Crippen MR) is 61.7 cm³/mol. The molecule has 5 heteroatoms. The molecule has 3 rings (SSSR count). The first kappa shape index (κ1) is 9.77. The maximum atomic E-state index is 10.0. The van der Waals surface area contributed by atoms with E-state index in [2.05, 4.69) is 15.1 Å². The molecule has 0 unspecified atom stereocenters. The first-order chi connectivity index (χ1) is 8.34. The predicted octanol–water partition coefficient (Wildman–Crippen LogP) is 1.42. The molecule has 17 heavy (non-hydrogen) atoms. The molecular weight excluding hydrogens is 216 g/mol. The summed E-state index contributed by atoms with van der Waals surface area (Å²) >= 11 is 0. The molecule has 3 aromatic rings. The summed E-state index contributed by atoms with van der Waals surface area (Å²) < 4.78 is 1.33. The van der Waals surface area contributed by atoms with Crippen LogP contribution in [-0.4, -0.2) is 24.7 Å². The van der Waals surface area contributed by atoms with Crippen LogP contribution in [0.25, 0.3) is 5.78 Å². The van der Waals surface area contributed by atoms with Gasteiger partial charge >= 0.3 is 0 Å². The third-order valence-corrected chi connectivity index (χ3v) is 2.59. The minimum absolute atomic E-state index is 0.0938. The second-order valence-electron chi connectivity index (χ2n) is 3.74. The van der Waals surface area contributed by atoms with Crippen molar-refractivity contribution in [3.05, 3.63) is 54.0 Å². The molecule has 0 saturated heterocycles. The molecule has 0 fully saturated rings. The van der Waals surface area contributed by atoms with Crippen LogP contribution in [0.15, 0.2) is 42.9 Å². The fourth-order valence-electron chi connectivity index (χ4n) is 1.74. The molecule has 2 aromatic heterocycles. The molecule has 0 aliphatic carbocycles. The molecule has 0 spiro atoms. The maximum absolute atomic E-state index is 10.0. The highest BCUT2D eigenvalue weighted by atomic mass is 16.3. The van der Waals surface area contributed by atoms with Crippen molar-refractivity contribution in [1.82, 2.24) is 19.6 Å². The topological polar surface area (TPSA) is 63.3 Å². The van der Waals surface area contributed by atoms with Gasteiger partial charge in [0.25, 0.3) is 5.78 Å². The van der Waals surface area contributed by atoms with Crippen LogP contribution in [0.1, 0.15) is 11.1 Å². The van der Waals surface area contributed by atoms with E-state index in [1.54, 1.807) is 6.20 Å². The van der Waals surface area contributed by atoms with Gasteiger partial charge in [-0.05, 0) is 5.56 Å². The lowest BCUT2D eigenvalue weighted by Crippen LogP contribution is -1.98. The first-order valence-corrected chi connectivity index (χ1v) is 5.25. The van der Waals surface area contributed by atoms with Gasteiger partial charge in [-0.1, -0.05) is 30.3 Å². The monoisotopic (exact) mass is 226 g/mol. The largest absolute Gasteiger partial charge is 0.493 e. The van der Waals surface area contributed by atoms with Crippen molar-refractivity contribution in [2.24, 2.45) is 0 Å². The van der Waals surface area contributed by atoms with Crippen molar-refractivity contribution in [3.8, 4) is 5.88 Å². The lowest BCUT2D eigenvalue weighted by molar-refractivity contribution is 0.429. The zero-order valence-corrected chi connectivity index (χ0v) is 8.98. The molecule has 0 atom stereocenters. The van der Waals surface area contributed by atoms with E-state index >= 15 is 0 Å². The van der Waals surface area contributed by atoms with Gasteiger partial charge in [0.1, 0.15) is 6.33 Å². The zero-order chi connectivity index (χ0) is 11.7. The summed E-state index contributed by atoms with van der Waals surface area (Å²) in [5.74, 6) is 0.496. The van der Waals surface area contributed by atoms with E-state index in [1.165, 1.54) is 10.8 Å². The summed E-state index contributed by atoms with van der Waals surface area (Å²) in [4.78, 5) is 8.04. The Labute approximate surface area is 97.4 Å². The number of aromatic nitrogens is 4. The highest BCUT2D eigenvalue weighted by Gasteiger charge is 2.09. The van der Waals surface area contributed by atoms with Crippen LogP contribution in [0.5, 0.6) is 5.88 Å². The number of benzene rings is 1. The van der Waals surface area contributed by atoms with Crippen LogP contribution in [-0.2, 0) is 6.42 Å². The summed E-state index contributed by atoms with van der Waals surface area (Å²) in [6.45, 7) is 0. The molecular formula is C12H10N4O. The Balaban J connectivity index is 2.03. The fourth-order valence-corrected chi connectivity index (χ4v) is 1.74. The number of nitrogens with zero attached hydrogens (tertiary/aromatic N) is 4. The lowest BCUT2D eigenvalue weighted by Gasteiger charge is -2.04. The van der Waals surface area contributed by atoms with Gasteiger partial charge in [-0.2, -0.15) is 14.6 Å². The van der Waals surface area contributed by atoms with Crippen molar-refractivity contribution in [1.29, 1.82) is 0 Å². The molecule has 0 radical (unpaired) electrons. The third-order valence-electron chi connectivity index (χ3n) is 2.59. The van der Waals surface area contributed by atoms with E-state index in [-0.39, 0.29) is 5.88 Å². The summed E-state index contributed by atoms with van der Waals surface area (Å²) in [5, 5.41) is 13.9. The Bertz CT molecular complexity index is 648. The van der Waals surface area contributed by atoms with E-state index < -0.39 is 0 Å². The van der Waals surface area contributed by atoms with E-state index in [4.69, 9.17) is 0 Å². The Morgan fingerprint density at radius 1 is 1.12 bits per heavy atom. The van der Waals surface area contributed by atoms with Gasteiger partial charge in [0.15, 0.2) is 0 Å². The highest BCUT2D eigenvalue weighted by Crippen LogP contribution is 2.19. The Hall–Kier alpha value is -2.43. The minimum atomic E-state index is 0.0938. The summed E-state index contributed by atoms with van der Waals surface area (Å²) in [6.07, 6.45) is 3.62. The number of hydrogen-bond donors (Lipinski definition) is 1. The van der Waals surface area contributed by atoms with Crippen LogP contribution in [0.4, 0.5) is 0 Å². The summed E-state index contributed by atoms with van der Waals surface area (Å²) in [7, 11) is 0. The summed E-state index contributed by atoms with van der Waals surface area (Å²) in [5.41, 5.74) is 1.85. The average Bonchev–Trinajstić information content (AvgIpc) is 2.83. The number of hydrogen-bond acceptors (Lipinski definition) is 4. The fraction of sp³-hybridized carbons (Fsp3) is 0.0833. The normalized spacial score (nSPS) is 10.8. The summed E-state index contributed by atoms with van der Waals surface area (Å²) in [6, 6.07) is 9.90. The van der Waals surface area contributed by atoms with Crippen LogP contribution in [0.2, 0.25) is 0 Å². The van der Waals surface area contributed by atoms with Gasteiger partial charge in [-0.3, -0.25) is 0 Å².